The molecular weight excluding hydrogens is 424 g/mol. The molecule has 30 heavy (non-hydrogen) atoms. The van der Waals surface area contributed by atoms with Crippen molar-refractivity contribution in [3.8, 4) is 5.75 Å². The van der Waals surface area contributed by atoms with Crippen LogP contribution in [0.3, 0.4) is 0 Å². The van der Waals surface area contributed by atoms with Crippen LogP contribution in [0.2, 0.25) is 5.02 Å². The van der Waals surface area contributed by atoms with Crippen molar-refractivity contribution in [2.24, 2.45) is 0 Å². The summed E-state index contributed by atoms with van der Waals surface area (Å²) in [6.45, 7) is 2.82. The number of carbonyl (C=O) groups excluding carboxylic acids is 1. The number of hydrogen-bond donors (Lipinski definition) is 1. The van der Waals surface area contributed by atoms with Crippen LogP contribution in [-0.4, -0.2) is 38.8 Å². The van der Waals surface area contributed by atoms with Gasteiger partial charge in [0.05, 0.1) is 13.2 Å². The molecule has 0 saturated carbocycles. The highest BCUT2D eigenvalue weighted by molar-refractivity contribution is 7.89. The van der Waals surface area contributed by atoms with Gasteiger partial charge in [-0.1, -0.05) is 36.6 Å². The Hall–Kier alpha value is -2.09. The van der Waals surface area contributed by atoms with E-state index in [4.69, 9.17) is 16.3 Å². The van der Waals surface area contributed by atoms with Gasteiger partial charge in [0.2, 0.25) is 10.0 Å². The number of benzene rings is 2. The van der Waals surface area contributed by atoms with Crippen molar-refractivity contribution < 1.29 is 17.9 Å². The van der Waals surface area contributed by atoms with E-state index in [0.717, 1.165) is 31.2 Å². The van der Waals surface area contributed by atoms with Crippen molar-refractivity contribution in [2.45, 2.75) is 43.5 Å². The van der Waals surface area contributed by atoms with Gasteiger partial charge in [0.25, 0.3) is 5.91 Å². The Kier molecular flexibility index (Phi) is 7.39. The summed E-state index contributed by atoms with van der Waals surface area (Å²) in [5, 5.41) is 3.53. The molecule has 6 nitrogen and oxygen atoms in total. The Morgan fingerprint density at radius 3 is 2.30 bits per heavy atom. The second-order valence-corrected chi connectivity index (χ2v) is 9.77. The maximum atomic E-state index is 13.3. The van der Waals surface area contributed by atoms with E-state index < -0.39 is 10.0 Å². The smallest absolute Gasteiger partial charge is 0.251 e. The summed E-state index contributed by atoms with van der Waals surface area (Å²) in [5.41, 5.74) is 1.17. The molecule has 1 saturated heterocycles. The maximum absolute atomic E-state index is 13.3. The predicted molar refractivity (Wildman–Crippen MR) is 118 cm³/mol. The molecule has 0 spiro atoms. The molecule has 0 bridgehead atoms. The number of halogens is 1. The van der Waals surface area contributed by atoms with Crippen molar-refractivity contribution in [3.05, 3.63) is 58.6 Å². The van der Waals surface area contributed by atoms with Crippen molar-refractivity contribution in [1.82, 2.24) is 9.62 Å². The van der Waals surface area contributed by atoms with E-state index in [1.54, 1.807) is 18.2 Å². The largest absolute Gasteiger partial charge is 0.495 e. The first kappa shape index (κ1) is 22.6. The summed E-state index contributed by atoms with van der Waals surface area (Å²) in [7, 11) is -2.33. The zero-order chi connectivity index (χ0) is 21.7. The second-order valence-electron chi connectivity index (χ2n) is 7.43. The summed E-state index contributed by atoms with van der Waals surface area (Å²) in [6.07, 6.45) is 3.71. The lowest BCUT2D eigenvalue weighted by Crippen LogP contribution is -2.32. The minimum atomic E-state index is -3.76. The fourth-order valence-corrected chi connectivity index (χ4v) is 5.38. The molecule has 0 aromatic heterocycles. The van der Waals surface area contributed by atoms with Crippen LogP contribution in [-0.2, 0) is 10.0 Å². The SMILES string of the molecule is COc1ccc(C(=O)NC(C)c2ccc(Cl)cc2)cc1S(=O)(=O)N1CCCCCC1. The molecule has 3 rings (SSSR count). The molecule has 1 aliphatic rings. The Labute approximate surface area is 183 Å². The number of sulfonamides is 1. The van der Waals surface area contributed by atoms with Gasteiger partial charge in [0.1, 0.15) is 10.6 Å². The third kappa shape index (κ3) is 5.14. The highest BCUT2D eigenvalue weighted by Gasteiger charge is 2.29. The first-order valence-electron chi connectivity index (χ1n) is 10.1. The number of nitrogens with zero attached hydrogens (tertiary/aromatic N) is 1. The molecule has 0 aliphatic carbocycles. The molecule has 1 N–H and O–H groups in total. The molecule has 1 unspecified atom stereocenters. The number of nitrogens with one attached hydrogen (secondary N) is 1. The Balaban J connectivity index is 1.86. The minimum absolute atomic E-state index is 0.0266. The average molecular weight is 451 g/mol. The van der Waals surface area contributed by atoms with Crippen molar-refractivity contribution in [3.63, 3.8) is 0 Å². The Bertz CT molecular complexity index is 985. The van der Waals surface area contributed by atoms with E-state index in [9.17, 15) is 13.2 Å². The fourth-order valence-electron chi connectivity index (χ4n) is 3.56. The van der Waals surface area contributed by atoms with E-state index in [1.807, 2.05) is 19.1 Å². The molecule has 1 atom stereocenters. The summed E-state index contributed by atoms with van der Waals surface area (Å²) in [4.78, 5) is 12.8. The second kappa shape index (κ2) is 9.81. The van der Waals surface area contributed by atoms with Crippen molar-refractivity contribution in [2.75, 3.05) is 20.2 Å². The van der Waals surface area contributed by atoms with Gasteiger partial charge >= 0.3 is 0 Å². The minimum Gasteiger partial charge on any atom is -0.495 e. The summed E-state index contributed by atoms with van der Waals surface area (Å²) in [6, 6.07) is 11.5. The molecule has 0 radical (unpaired) electrons. The highest BCUT2D eigenvalue weighted by Crippen LogP contribution is 2.29. The van der Waals surface area contributed by atoms with Crippen molar-refractivity contribution in [1.29, 1.82) is 0 Å². The van der Waals surface area contributed by atoms with Crippen LogP contribution in [0, 0.1) is 0 Å². The van der Waals surface area contributed by atoms with Crippen LogP contribution < -0.4 is 10.1 Å². The molecule has 2 aromatic carbocycles. The third-order valence-electron chi connectivity index (χ3n) is 5.33. The summed E-state index contributed by atoms with van der Waals surface area (Å²) >= 11 is 5.92. The third-order valence-corrected chi connectivity index (χ3v) is 7.50. The van der Waals surface area contributed by atoms with Gasteiger partial charge in [-0.25, -0.2) is 8.42 Å². The summed E-state index contributed by atoms with van der Waals surface area (Å²) < 4.78 is 33.3. The van der Waals surface area contributed by atoms with Crippen LogP contribution >= 0.6 is 11.6 Å². The highest BCUT2D eigenvalue weighted by atomic mass is 35.5. The number of hydrogen-bond acceptors (Lipinski definition) is 4. The van der Waals surface area contributed by atoms with Crippen LogP contribution in [0.15, 0.2) is 47.4 Å². The van der Waals surface area contributed by atoms with Crippen LogP contribution in [0.5, 0.6) is 5.75 Å². The molecule has 2 aromatic rings. The number of ether oxygens (including phenoxy) is 1. The van der Waals surface area contributed by atoms with Gasteiger partial charge in [-0.2, -0.15) is 4.31 Å². The van der Waals surface area contributed by atoms with E-state index in [0.29, 0.717) is 18.1 Å². The van der Waals surface area contributed by atoms with E-state index in [1.165, 1.54) is 23.5 Å². The van der Waals surface area contributed by atoms with Gasteiger partial charge in [-0.3, -0.25) is 4.79 Å². The summed E-state index contributed by atoms with van der Waals surface area (Å²) in [5.74, 6) is -0.117. The van der Waals surface area contributed by atoms with Crippen LogP contribution in [0.25, 0.3) is 0 Å². The first-order chi connectivity index (χ1) is 14.3. The van der Waals surface area contributed by atoms with Gasteiger partial charge in [0.15, 0.2) is 0 Å². The van der Waals surface area contributed by atoms with E-state index in [-0.39, 0.29) is 28.2 Å². The molecule has 1 amide bonds. The van der Waals surface area contributed by atoms with Crippen molar-refractivity contribution >= 4 is 27.5 Å². The Morgan fingerprint density at radius 1 is 1.07 bits per heavy atom. The van der Waals surface area contributed by atoms with Crippen LogP contribution in [0.4, 0.5) is 0 Å². The first-order valence-corrected chi connectivity index (χ1v) is 11.9. The zero-order valence-corrected chi connectivity index (χ0v) is 18.8. The zero-order valence-electron chi connectivity index (χ0n) is 17.2. The molecule has 162 valence electrons. The number of amides is 1. The number of methoxy groups -OCH3 is 1. The standard InChI is InChI=1S/C22H27ClN2O4S/c1-16(17-7-10-19(23)11-8-17)24-22(26)18-9-12-20(29-2)21(15-18)30(27,28)25-13-5-3-4-6-14-25/h7-12,15-16H,3-6,13-14H2,1-2H3,(H,24,26). The number of carbonyl (C=O) groups is 1. The van der Waals surface area contributed by atoms with Crippen LogP contribution in [0.1, 0.15) is 54.6 Å². The molecule has 1 fully saturated rings. The quantitative estimate of drug-likeness (QED) is 0.707. The maximum Gasteiger partial charge on any atom is 0.251 e. The lowest BCUT2D eigenvalue weighted by atomic mass is 10.1. The van der Waals surface area contributed by atoms with E-state index in [2.05, 4.69) is 5.32 Å². The van der Waals surface area contributed by atoms with Gasteiger partial charge in [-0.05, 0) is 55.7 Å². The van der Waals surface area contributed by atoms with Gasteiger partial charge in [-0.15, -0.1) is 0 Å². The van der Waals surface area contributed by atoms with E-state index >= 15 is 0 Å². The topological polar surface area (TPSA) is 75.7 Å². The molecule has 1 aliphatic heterocycles. The van der Waals surface area contributed by atoms with Gasteiger partial charge < -0.3 is 10.1 Å². The lowest BCUT2D eigenvalue weighted by molar-refractivity contribution is 0.0939. The monoisotopic (exact) mass is 450 g/mol. The lowest BCUT2D eigenvalue weighted by Gasteiger charge is -2.22. The predicted octanol–water partition coefficient (Wildman–Crippen LogP) is 4.40. The Morgan fingerprint density at radius 2 is 1.70 bits per heavy atom. The molecular formula is C22H27ClN2O4S. The molecule has 8 heteroatoms. The van der Waals surface area contributed by atoms with Gasteiger partial charge in [0, 0.05) is 23.7 Å². The normalized spacial score (nSPS) is 16.5. The molecule has 1 heterocycles. The number of rotatable bonds is 6. The fraction of sp³-hybridized carbons (Fsp3) is 0.409. The average Bonchev–Trinajstić information content (AvgIpc) is 3.04.